The Balaban J connectivity index is 1.53. The first-order chi connectivity index (χ1) is 11.2. The van der Waals surface area contributed by atoms with Gasteiger partial charge in [0.15, 0.2) is 0 Å². The fourth-order valence-corrected chi connectivity index (χ4v) is 3.86. The third kappa shape index (κ3) is 2.64. The predicted molar refractivity (Wildman–Crippen MR) is 87.9 cm³/mol. The predicted octanol–water partition coefficient (Wildman–Crippen LogP) is 2.97. The number of carbonyl (C=O) groups excluding carboxylic acids is 1. The molecular weight excluding hydrogens is 293 g/mol. The quantitative estimate of drug-likeness (QED) is 0.855. The lowest BCUT2D eigenvalue weighted by Gasteiger charge is -2.38. The summed E-state index contributed by atoms with van der Waals surface area (Å²) >= 11 is 0. The van der Waals surface area contributed by atoms with Gasteiger partial charge in [-0.25, -0.2) is 4.39 Å². The van der Waals surface area contributed by atoms with Gasteiger partial charge in [-0.15, -0.1) is 0 Å². The Hall–Kier alpha value is -2.17. The molecule has 2 fully saturated rings. The minimum Gasteiger partial charge on any atom is -0.371 e. The molecule has 23 heavy (non-hydrogen) atoms. The highest BCUT2D eigenvalue weighted by molar-refractivity contribution is 5.91. The highest BCUT2D eigenvalue weighted by atomic mass is 19.1. The molecule has 2 aromatic rings. The Morgan fingerprint density at radius 2 is 1.96 bits per heavy atom. The SMILES string of the molecule is O=C1CCCN1C1CCN(c2ccnc3cc(F)ccc23)CC1. The maximum atomic E-state index is 13.4. The van der Waals surface area contributed by atoms with Gasteiger partial charge in [0.05, 0.1) is 5.52 Å². The Morgan fingerprint density at radius 1 is 1.13 bits per heavy atom. The zero-order valence-electron chi connectivity index (χ0n) is 13.0. The molecule has 1 aromatic carbocycles. The summed E-state index contributed by atoms with van der Waals surface area (Å²) in [5, 5.41) is 0.990. The van der Waals surface area contributed by atoms with Crippen LogP contribution in [0.15, 0.2) is 30.5 Å². The normalized spacial score (nSPS) is 19.8. The molecule has 0 bridgehead atoms. The summed E-state index contributed by atoms with van der Waals surface area (Å²) in [5.41, 5.74) is 1.81. The molecule has 0 saturated carbocycles. The van der Waals surface area contributed by atoms with Crippen molar-refractivity contribution < 1.29 is 9.18 Å². The van der Waals surface area contributed by atoms with Crippen molar-refractivity contribution in [3.05, 3.63) is 36.3 Å². The Kier molecular flexibility index (Phi) is 3.63. The van der Waals surface area contributed by atoms with Gasteiger partial charge in [-0.2, -0.15) is 0 Å². The van der Waals surface area contributed by atoms with Gasteiger partial charge in [0.1, 0.15) is 5.82 Å². The number of fused-ring (bicyclic) bond motifs is 1. The van der Waals surface area contributed by atoms with Crippen molar-refractivity contribution in [2.45, 2.75) is 31.7 Å². The van der Waals surface area contributed by atoms with E-state index in [1.165, 1.54) is 12.1 Å². The molecule has 1 amide bonds. The van der Waals surface area contributed by atoms with Crippen molar-refractivity contribution in [1.29, 1.82) is 0 Å². The van der Waals surface area contributed by atoms with Crippen molar-refractivity contribution in [1.82, 2.24) is 9.88 Å². The maximum absolute atomic E-state index is 13.4. The van der Waals surface area contributed by atoms with Crippen molar-refractivity contribution in [2.24, 2.45) is 0 Å². The molecule has 2 aliphatic heterocycles. The molecule has 0 radical (unpaired) electrons. The van der Waals surface area contributed by atoms with Crippen LogP contribution < -0.4 is 4.90 Å². The van der Waals surface area contributed by atoms with E-state index in [9.17, 15) is 9.18 Å². The topological polar surface area (TPSA) is 36.4 Å². The van der Waals surface area contributed by atoms with E-state index in [1.54, 1.807) is 6.20 Å². The lowest BCUT2D eigenvalue weighted by molar-refractivity contribution is -0.130. The van der Waals surface area contributed by atoms with Crippen LogP contribution in [0.25, 0.3) is 10.9 Å². The van der Waals surface area contributed by atoms with E-state index in [2.05, 4.69) is 14.8 Å². The number of aromatic nitrogens is 1. The van der Waals surface area contributed by atoms with Gasteiger partial charge in [0.25, 0.3) is 0 Å². The number of rotatable bonds is 2. The van der Waals surface area contributed by atoms with E-state index >= 15 is 0 Å². The third-order valence-corrected chi connectivity index (χ3v) is 5.04. The molecule has 0 unspecified atom stereocenters. The van der Waals surface area contributed by atoms with Crippen LogP contribution in [-0.4, -0.2) is 41.5 Å². The van der Waals surface area contributed by atoms with Gasteiger partial charge < -0.3 is 9.80 Å². The first kappa shape index (κ1) is 14.4. The van der Waals surface area contributed by atoms with E-state index < -0.39 is 0 Å². The van der Waals surface area contributed by atoms with Gasteiger partial charge in [-0.05, 0) is 37.5 Å². The van der Waals surface area contributed by atoms with Crippen LogP contribution in [0, 0.1) is 5.82 Å². The second-order valence-corrected chi connectivity index (χ2v) is 6.40. The van der Waals surface area contributed by atoms with Gasteiger partial charge >= 0.3 is 0 Å². The molecular formula is C18H20FN3O. The summed E-state index contributed by atoms with van der Waals surface area (Å²) in [4.78, 5) is 20.6. The zero-order chi connectivity index (χ0) is 15.8. The average molecular weight is 313 g/mol. The van der Waals surface area contributed by atoms with Crippen LogP contribution in [0.2, 0.25) is 0 Å². The van der Waals surface area contributed by atoms with E-state index in [0.29, 0.717) is 23.9 Å². The smallest absolute Gasteiger partial charge is 0.222 e. The maximum Gasteiger partial charge on any atom is 0.222 e. The van der Waals surface area contributed by atoms with Crippen molar-refractivity contribution in [2.75, 3.05) is 24.5 Å². The number of anilines is 1. The number of hydrogen-bond donors (Lipinski definition) is 0. The lowest BCUT2D eigenvalue weighted by atomic mass is 10.0. The molecule has 4 nitrogen and oxygen atoms in total. The van der Waals surface area contributed by atoms with Gasteiger partial charge in [0, 0.05) is 55.4 Å². The highest BCUT2D eigenvalue weighted by Crippen LogP contribution is 2.30. The van der Waals surface area contributed by atoms with Crippen LogP contribution in [0.3, 0.4) is 0 Å². The fraction of sp³-hybridized carbons (Fsp3) is 0.444. The Labute approximate surface area is 134 Å². The van der Waals surface area contributed by atoms with Crippen LogP contribution >= 0.6 is 0 Å². The number of nitrogens with zero attached hydrogens (tertiary/aromatic N) is 3. The van der Waals surface area contributed by atoms with Crippen molar-refractivity contribution in [3.8, 4) is 0 Å². The number of amides is 1. The number of halogens is 1. The summed E-state index contributed by atoms with van der Waals surface area (Å²) in [6, 6.07) is 7.16. The molecule has 4 rings (SSSR count). The summed E-state index contributed by atoms with van der Waals surface area (Å²) in [5.74, 6) is 0.0571. The monoisotopic (exact) mass is 313 g/mol. The van der Waals surface area contributed by atoms with E-state index in [4.69, 9.17) is 0 Å². The summed E-state index contributed by atoms with van der Waals surface area (Å²) in [7, 11) is 0. The zero-order valence-corrected chi connectivity index (χ0v) is 13.0. The summed E-state index contributed by atoms with van der Waals surface area (Å²) in [6.45, 7) is 2.76. The summed E-state index contributed by atoms with van der Waals surface area (Å²) in [6.07, 6.45) is 5.45. The lowest BCUT2D eigenvalue weighted by Crippen LogP contribution is -2.45. The third-order valence-electron chi connectivity index (χ3n) is 5.04. The molecule has 3 heterocycles. The molecule has 0 N–H and O–H groups in total. The molecule has 0 atom stereocenters. The minimum atomic E-state index is -0.256. The fourth-order valence-electron chi connectivity index (χ4n) is 3.86. The standard InChI is InChI=1S/C18H20FN3O/c19-13-3-4-15-16(12-13)20-8-5-17(15)21-10-6-14(7-11-21)22-9-1-2-18(22)23/h3-5,8,12,14H,1-2,6-7,9-11H2. The largest absolute Gasteiger partial charge is 0.371 e. The van der Waals surface area contributed by atoms with Crippen LogP contribution in [-0.2, 0) is 4.79 Å². The number of piperidine rings is 1. The van der Waals surface area contributed by atoms with Gasteiger partial charge in [0.2, 0.25) is 5.91 Å². The van der Waals surface area contributed by atoms with Crippen LogP contribution in [0.5, 0.6) is 0 Å². The van der Waals surface area contributed by atoms with Crippen molar-refractivity contribution >= 4 is 22.5 Å². The molecule has 0 spiro atoms. The minimum absolute atomic E-state index is 0.256. The van der Waals surface area contributed by atoms with Crippen LogP contribution in [0.1, 0.15) is 25.7 Å². The molecule has 2 saturated heterocycles. The second-order valence-electron chi connectivity index (χ2n) is 6.40. The van der Waals surface area contributed by atoms with Crippen molar-refractivity contribution in [3.63, 3.8) is 0 Å². The van der Waals surface area contributed by atoms with E-state index in [-0.39, 0.29) is 5.82 Å². The number of likely N-dealkylation sites (tertiary alicyclic amines) is 1. The number of hydrogen-bond acceptors (Lipinski definition) is 3. The van der Waals surface area contributed by atoms with Gasteiger partial charge in [-0.3, -0.25) is 9.78 Å². The Bertz CT molecular complexity index is 740. The number of carbonyl (C=O) groups is 1. The number of pyridine rings is 1. The first-order valence-corrected chi connectivity index (χ1v) is 8.31. The number of benzene rings is 1. The molecule has 2 aliphatic rings. The molecule has 5 heteroatoms. The van der Waals surface area contributed by atoms with Gasteiger partial charge in [-0.1, -0.05) is 0 Å². The molecule has 0 aliphatic carbocycles. The van der Waals surface area contributed by atoms with E-state index in [0.717, 1.165) is 50.0 Å². The average Bonchev–Trinajstić information content (AvgIpc) is 3.00. The molecule has 120 valence electrons. The molecule has 1 aromatic heterocycles. The Morgan fingerprint density at radius 3 is 2.70 bits per heavy atom. The first-order valence-electron chi connectivity index (χ1n) is 8.31. The van der Waals surface area contributed by atoms with E-state index in [1.807, 2.05) is 12.1 Å². The van der Waals surface area contributed by atoms with Crippen LogP contribution in [0.4, 0.5) is 10.1 Å². The summed E-state index contributed by atoms with van der Waals surface area (Å²) < 4.78 is 13.4. The second kappa shape index (κ2) is 5.80. The highest BCUT2D eigenvalue weighted by Gasteiger charge is 2.31.